The molecular formula is C9H15O3P. The Hall–Kier alpha value is 0.0500. The van der Waals surface area contributed by atoms with Crippen LogP contribution in [0.5, 0.6) is 0 Å². The van der Waals surface area contributed by atoms with E-state index < -0.39 is 7.94 Å². The number of allylic oxidation sites excluding steroid dienone is 2. The summed E-state index contributed by atoms with van der Waals surface area (Å²) in [6.45, 7) is 1.18. The van der Waals surface area contributed by atoms with Crippen molar-refractivity contribution in [3.8, 4) is 0 Å². The third kappa shape index (κ3) is 2.50. The van der Waals surface area contributed by atoms with Gasteiger partial charge in [-0.3, -0.25) is 0 Å². The van der Waals surface area contributed by atoms with Crippen LogP contribution in [0.15, 0.2) is 11.6 Å². The lowest BCUT2D eigenvalue weighted by atomic mass is 10.3. The van der Waals surface area contributed by atoms with Crippen LogP contribution in [-0.4, -0.2) is 19.4 Å². The molecule has 0 amide bonds. The molecule has 74 valence electrons. The van der Waals surface area contributed by atoms with Gasteiger partial charge in [0.25, 0.3) is 0 Å². The van der Waals surface area contributed by atoms with Crippen LogP contribution >= 0.6 is 7.94 Å². The fourth-order valence-electron chi connectivity index (χ4n) is 1.72. The van der Waals surface area contributed by atoms with Crippen LogP contribution < -0.4 is 4.89 Å². The molecule has 0 aromatic rings. The molecule has 1 fully saturated rings. The summed E-state index contributed by atoms with van der Waals surface area (Å²) in [5.41, 5.74) is 1.25. The highest BCUT2D eigenvalue weighted by atomic mass is 31.2. The van der Waals surface area contributed by atoms with Crippen LogP contribution in [-0.2, 0) is 9.05 Å². The Bertz CT molecular complexity index is 209. The molecule has 0 saturated carbocycles. The van der Waals surface area contributed by atoms with E-state index in [2.05, 4.69) is 6.08 Å². The Morgan fingerprint density at radius 1 is 1.31 bits per heavy atom. The molecule has 0 atom stereocenters. The fourth-order valence-corrected chi connectivity index (χ4v) is 3.58. The minimum Gasteiger partial charge on any atom is -0.631 e. The second kappa shape index (κ2) is 4.05. The average molecular weight is 202 g/mol. The first kappa shape index (κ1) is 9.60. The van der Waals surface area contributed by atoms with Crippen molar-refractivity contribution in [1.29, 1.82) is 0 Å². The zero-order valence-electron chi connectivity index (χ0n) is 7.70. The molecule has 0 bridgehead atoms. The van der Waals surface area contributed by atoms with Gasteiger partial charge in [0.15, 0.2) is 0 Å². The minimum absolute atomic E-state index is 0.521. The van der Waals surface area contributed by atoms with Crippen molar-refractivity contribution in [2.45, 2.75) is 25.7 Å². The summed E-state index contributed by atoms with van der Waals surface area (Å²) in [5.74, 6) is 0. The summed E-state index contributed by atoms with van der Waals surface area (Å²) in [6, 6.07) is 0. The highest BCUT2D eigenvalue weighted by Crippen LogP contribution is 2.56. The SMILES string of the molecule is [O-][P+]1(CC2=CCCC2)OCCCO1. The maximum Gasteiger partial charge on any atom is 0.241 e. The molecular weight excluding hydrogens is 187 g/mol. The van der Waals surface area contributed by atoms with Crippen LogP contribution in [0.25, 0.3) is 0 Å². The summed E-state index contributed by atoms with van der Waals surface area (Å²) >= 11 is 0. The van der Waals surface area contributed by atoms with Crippen LogP contribution in [0.3, 0.4) is 0 Å². The van der Waals surface area contributed by atoms with Gasteiger partial charge >= 0.3 is 0 Å². The molecule has 2 aliphatic rings. The maximum absolute atomic E-state index is 11.9. The van der Waals surface area contributed by atoms with Crippen molar-refractivity contribution >= 4 is 7.94 Å². The van der Waals surface area contributed by atoms with E-state index >= 15 is 0 Å². The van der Waals surface area contributed by atoms with Gasteiger partial charge in [0.05, 0.1) is 13.2 Å². The van der Waals surface area contributed by atoms with Crippen molar-refractivity contribution in [3.63, 3.8) is 0 Å². The zero-order valence-corrected chi connectivity index (χ0v) is 8.59. The van der Waals surface area contributed by atoms with Crippen molar-refractivity contribution < 1.29 is 13.9 Å². The average Bonchev–Trinajstić information content (AvgIpc) is 2.57. The summed E-state index contributed by atoms with van der Waals surface area (Å²) in [5, 5.41) is 0. The Balaban J connectivity index is 1.90. The van der Waals surface area contributed by atoms with E-state index in [-0.39, 0.29) is 0 Å². The summed E-state index contributed by atoms with van der Waals surface area (Å²) in [6.07, 6.45) is 6.93. The largest absolute Gasteiger partial charge is 0.631 e. The number of hydrogen-bond donors (Lipinski definition) is 0. The quantitative estimate of drug-likeness (QED) is 0.505. The molecule has 0 radical (unpaired) electrons. The molecule has 0 aromatic heterocycles. The molecule has 2 rings (SSSR count). The lowest BCUT2D eigenvalue weighted by Gasteiger charge is -2.30. The molecule has 1 aliphatic carbocycles. The fraction of sp³-hybridized carbons (Fsp3) is 0.778. The molecule has 1 heterocycles. The first-order chi connectivity index (χ1) is 6.29. The van der Waals surface area contributed by atoms with Crippen molar-refractivity contribution in [1.82, 2.24) is 0 Å². The normalized spacial score (nSPS) is 27.3. The standard InChI is InChI=1S/C9H15O3P/c10-13(11-6-3-7-12-13)8-9-4-1-2-5-9/h4H,1-3,5-8H2. The molecule has 0 unspecified atom stereocenters. The first-order valence-corrected chi connectivity index (χ1v) is 6.57. The first-order valence-electron chi connectivity index (χ1n) is 4.85. The molecule has 13 heavy (non-hydrogen) atoms. The van der Waals surface area contributed by atoms with Crippen molar-refractivity contribution in [2.75, 3.05) is 19.4 Å². The van der Waals surface area contributed by atoms with E-state index in [9.17, 15) is 4.89 Å². The van der Waals surface area contributed by atoms with Gasteiger partial charge in [0, 0.05) is 6.42 Å². The van der Waals surface area contributed by atoms with E-state index in [1.165, 1.54) is 12.0 Å². The highest BCUT2D eigenvalue weighted by molar-refractivity contribution is 7.59. The van der Waals surface area contributed by atoms with Gasteiger partial charge in [0.1, 0.15) is 6.16 Å². The summed E-state index contributed by atoms with van der Waals surface area (Å²) in [7, 11) is -2.73. The summed E-state index contributed by atoms with van der Waals surface area (Å²) < 4.78 is 10.4. The van der Waals surface area contributed by atoms with Gasteiger partial charge in [0.2, 0.25) is 7.94 Å². The zero-order chi connectivity index (χ0) is 9.15. The smallest absolute Gasteiger partial charge is 0.241 e. The molecule has 1 aliphatic heterocycles. The second-order valence-corrected chi connectivity index (χ2v) is 5.60. The molecule has 0 spiro atoms. The molecule has 3 nitrogen and oxygen atoms in total. The van der Waals surface area contributed by atoms with E-state index in [0.29, 0.717) is 19.4 Å². The van der Waals surface area contributed by atoms with Crippen LogP contribution in [0.1, 0.15) is 25.7 Å². The van der Waals surface area contributed by atoms with Gasteiger partial charge in [-0.1, -0.05) is 6.08 Å². The Labute approximate surface area is 79.3 Å². The Kier molecular flexibility index (Phi) is 2.99. The monoisotopic (exact) mass is 202 g/mol. The van der Waals surface area contributed by atoms with Crippen molar-refractivity contribution in [3.05, 3.63) is 11.6 Å². The Morgan fingerprint density at radius 2 is 2.08 bits per heavy atom. The third-order valence-corrected chi connectivity index (χ3v) is 4.34. The number of hydrogen-bond acceptors (Lipinski definition) is 3. The third-order valence-electron chi connectivity index (χ3n) is 2.40. The highest BCUT2D eigenvalue weighted by Gasteiger charge is 2.34. The van der Waals surface area contributed by atoms with Gasteiger partial charge in [-0.2, -0.15) is 0 Å². The predicted molar refractivity (Wildman–Crippen MR) is 50.2 cm³/mol. The van der Waals surface area contributed by atoms with Gasteiger partial charge < -0.3 is 4.89 Å². The molecule has 0 N–H and O–H groups in total. The minimum atomic E-state index is -2.73. The molecule has 4 heteroatoms. The lowest BCUT2D eigenvalue weighted by Crippen LogP contribution is -2.25. The van der Waals surface area contributed by atoms with E-state index in [1.54, 1.807) is 0 Å². The van der Waals surface area contributed by atoms with Crippen LogP contribution in [0.4, 0.5) is 0 Å². The van der Waals surface area contributed by atoms with Crippen molar-refractivity contribution in [2.24, 2.45) is 0 Å². The summed E-state index contributed by atoms with van der Waals surface area (Å²) in [4.78, 5) is 11.9. The molecule has 0 aromatic carbocycles. The van der Waals surface area contributed by atoms with Crippen LogP contribution in [0, 0.1) is 0 Å². The van der Waals surface area contributed by atoms with Gasteiger partial charge in [-0.15, -0.1) is 0 Å². The molecule has 1 saturated heterocycles. The van der Waals surface area contributed by atoms with Crippen LogP contribution in [0.2, 0.25) is 0 Å². The van der Waals surface area contributed by atoms with E-state index in [0.717, 1.165) is 19.3 Å². The Morgan fingerprint density at radius 3 is 2.69 bits per heavy atom. The topological polar surface area (TPSA) is 41.5 Å². The van der Waals surface area contributed by atoms with E-state index in [1.807, 2.05) is 0 Å². The van der Waals surface area contributed by atoms with Gasteiger partial charge in [-0.25, -0.2) is 9.05 Å². The lowest BCUT2D eigenvalue weighted by molar-refractivity contribution is -0.224. The number of rotatable bonds is 2. The second-order valence-electron chi connectivity index (χ2n) is 3.54. The van der Waals surface area contributed by atoms with E-state index in [4.69, 9.17) is 9.05 Å². The van der Waals surface area contributed by atoms with Gasteiger partial charge in [-0.05, 0) is 24.8 Å². The predicted octanol–water partition coefficient (Wildman–Crippen LogP) is 1.66. The maximum atomic E-state index is 11.9.